The third-order valence-corrected chi connectivity index (χ3v) is 7.25. The highest BCUT2D eigenvalue weighted by Crippen LogP contribution is 2.35. The molecule has 1 aromatic carbocycles. The van der Waals surface area contributed by atoms with Crippen LogP contribution in [0.25, 0.3) is 0 Å². The lowest BCUT2D eigenvalue weighted by Gasteiger charge is -2.38. The van der Waals surface area contributed by atoms with Crippen molar-refractivity contribution < 1.29 is 9.53 Å². The van der Waals surface area contributed by atoms with Crippen molar-refractivity contribution in [1.29, 1.82) is 0 Å². The van der Waals surface area contributed by atoms with Gasteiger partial charge in [0.1, 0.15) is 6.10 Å². The lowest BCUT2D eigenvalue weighted by atomic mass is 9.78. The molecule has 5 nitrogen and oxygen atoms in total. The van der Waals surface area contributed by atoms with Gasteiger partial charge in [-0.3, -0.25) is 9.69 Å². The van der Waals surface area contributed by atoms with Gasteiger partial charge in [-0.15, -0.1) is 0 Å². The maximum atomic E-state index is 11.6. The molecule has 1 saturated heterocycles. The van der Waals surface area contributed by atoms with Crippen molar-refractivity contribution in [2.45, 2.75) is 45.1 Å². The number of nitrogens with two attached hydrogens (primary N) is 1. The van der Waals surface area contributed by atoms with Crippen LogP contribution < -0.4 is 10.6 Å². The second-order valence-electron chi connectivity index (χ2n) is 8.25. The topological polar surface area (TPSA) is 58.8 Å². The third-order valence-electron chi connectivity index (χ3n) is 6.44. The van der Waals surface area contributed by atoms with E-state index in [1.807, 2.05) is 25.1 Å². The summed E-state index contributed by atoms with van der Waals surface area (Å²) in [6.45, 7) is 7.64. The van der Waals surface area contributed by atoms with Gasteiger partial charge in [-0.25, -0.2) is 0 Å². The molecule has 2 N–H and O–H groups in total. The van der Waals surface area contributed by atoms with E-state index in [1.54, 1.807) is 0 Å². The van der Waals surface area contributed by atoms with E-state index in [9.17, 15) is 4.79 Å². The minimum absolute atomic E-state index is 0.287. The van der Waals surface area contributed by atoms with Gasteiger partial charge in [0.2, 0.25) is 5.91 Å². The number of anilines is 1. The van der Waals surface area contributed by atoms with E-state index >= 15 is 0 Å². The molecule has 1 unspecified atom stereocenters. The highest BCUT2D eigenvalue weighted by atomic mass is 35.5. The van der Waals surface area contributed by atoms with Gasteiger partial charge in [0.25, 0.3) is 0 Å². The first kappa shape index (κ1) is 22.7. The van der Waals surface area contributed by atoms with Gasteiger partial charge < -0.3 is 15.4 Å². The third kappa shape index (κ3) is 6.00. The van der Waals surface area contributed by atoms with Crippen LogP contribution in [-0.4, -0.2) is 56.2 Å². The standard InChI is InChI=1S/C22H33Cl2N3O2/c1-2-29-21(22(25)28)17-8-6-16(7-9-17)10-11-26-12-14-27(15-13-26)19-5-3-4-18(23)20(19)24/h3-5,16-17,21H,2,6-15H2,1H3,(H2,25,28). The van der Waals surface area contributed by atoms with E-state index in [4.69, 9.17) is 33.7 Å². The second-order valence-corrected chi connectivity index (χ2v) is 9.03. The van der Waals surface area contributed by atoms with Gasteiger partial charge in [0.05, 0.1) is 15.7 Å². The summed E-state index contributed by atoms with van der Waals surface area (Å²) in [5.74, 6) is 0.712. The summed E-state index contributed by atoms with van der Waals surface area (Å²) in [6, 6.07) is 5.84. The molecule has 1 amide bonds. The number of carbonyl (C=O) groups excluding carboxylic acids is 1. The Kier molecular flexibility index (Phi) is 8.48. The zero-order valence-electron chi connectivity index (χ0n) is 17.3. The van der Waals surface area contributed by atoms with Crippen molar-refractivity contribution in [3.8, 4) is 0 Å². The fourth-order valence-corrected chi connectivity index (χ4v) is 5.14. The molecule has 162 valence electrons. The highest BCUT2D eigenvalue weighted by Gasteiger charge is 2.31. The van der Waals surface area contributed by atoms with Crippen molar-refractivity contribution >= 4 is 34.8 Å². The first-order chi connectivity index (χ1) is 14.0. The molecule has 0 spiro atoms. The SMILES string of the molecule is CCOC(C(N)=O)C1CCC(CCN2CCN(c3cccc(Cl)c3Cl)CC2)CC1. The molecule has 0 aromatic heterocycles. The van der Waals surface area contributed by atoms with Crippen LogP contribution in [0.15, 0.2) is 18.2 Å². The maximum Gasteiger partial charge on any atom is 0.246 e. The summed E-state index contributed by atoms with van der Waals surface area (Å²) in [4.78, 5) is 16.5. The number of rotatable bonds is 8. The van der Waals surface area contributed by atoms with Gasteiger partial charge in [-0.1, -0.05) is 42.1 Å². The van der Waals surface area contributed by atoms with Crippen molar-refractivity contribution in [1.82, 2.24) is 4.90 Å². The Morgan fingerprint density at radius 3 is 2.48 bits per heavy atom. The molecule has 1 aliphatic heterocycles. The van der Waals surface area contributed by atoms with Crippen LogP contribution in [-0.2, 0) is 9.53 Å². The average Bonchev–Trinajstić information content (AvgIpc) is 2.73. The molecule has 1 aromatic rings. The van der Waals surface area contributed by atoms with Gasteiger partial charge in [0, 0.05) is 32.8 Å². The van der Waals surface area contributed by atoms with Crippen molar-refractivity contribution in [3.63, 3.8) is 0 Å². The number of piperazine rings is 1. The molecule has 7 heteroatoms. The first-order valence-electron chi connectivity index (χ1n) is 10.8. The van der Waals surface area contributed by atoms with E-state index in [0.29, 0.717) is 16.7 Å². The number of ether oxygens (including phenoxy) is 1. The minimum Gasteiger partial charge on any atom is -0.368 e. The quantitative estimate of drug-likeness (QED) is 0.656. The summed E-state index contributed by atoms with van der Waals surface area (Å²) in [5, 5.41) is 1.27. The van der Waals surface area contributed by atoms with E-state index in [2.05, 4.69) is 9.80 Å². The fourth-order valence-electron chi connectivity index (χ4n) is 4.72. The highest BCUT2D eigenvalue weighted by molar-refractivity contribution is 6.43. The van der Waals surface area contributed by atoms with E-state index in [-0.39, 0.29) is 11.8 Å². The smallest absolute Gasteiger partial charge is 0.246 e. The van der Waals surface area contributed by atoms with E-state index in [0.717, 1.165) is 57.2 Å². The lowest BCUT2D eigenvalue weighted by Crippen LogP contribution is -2.47. The van der Waals surface area contributed by atoms with Crippen LogP contribution in [0.4, 0.5) is 5.69 Å². The lowest BCUT2D eigenvalue weighted by molar-refractivity contribution is -0.134. The number of halogens is 2. The number of primary amides is 1. The van der Waals surface area contributed by atoms with Crippen LogP contribution in [0.3, 0.4) is 0 Å². The molecular formula is C22H33Cl2N3O2. The van der Waals surface area contributed by atoms with Crippen LogP contribution >= 0.6 is 23.2 Å². The van der Waals surface area contributed by atoms with Crippen molar-refractivity contribution in [2.75, 3.05) is 44.2 Å². The number of carbonyl (C=O) groups is 1. The van der Waals surface area contributed by atoms with Gasteiger partial charge in [0.15, 0.2) is 0 Å². The molecule has 1 atom stereocenters. The number of amides is 1. The second kappa shape index (κ2) is 10.9. The average molecular weight is 442 g/mol. The summed E-state index contributed by atoms with van der Waals surface area (Å²) < 4.78 is 5.59. The molecule has 1 aliphatic carbocycles. The van der Waals surface area contributed by atoms with Crippen molar-refractivity contribution in [3.05, 3.63) is 28.2 Å². The Balaban J connectivity index is 1.39. The zero-order valence-corrected chi connectivity index (χ0v) is 18.8. The van der Waals surface area contributed by atoms with Crippen molar-refractivity contribution in [2.24, 2.45) is 17.6 Å². The molecule has 29 heavy (non-hydrogen) atoms. The van der Waals surface area contributed by atoms with E-state index < -0.39 is 6.10 Å². The van der Waals surface area contributed by atoms with Crippen LogP contribution in [0.2, 0.25) is 10.0 Å². The molecule has 0 radical (unpaired) electrons. The molecule has 2 aliphatic rings. The summed E-state index contributed by atoms with van der Waals surface area (Å²) in [5.41, 5.74) is 6.56. The van der Waals surface area contributed by atoms with Crippen LogP contribution in [0, 0.1) is 11.8 Å². The number of nitrogens with zero attached hydrogens (tertiary/aromatic N) is 2. The fraction of sp³-hybridized carbons (Fsp3) is 0.682. The summed E-state index contributed by atoms with van der Waals surface area (Å²) in [7, 11) is 0. The van der Waals surface area contributed by atoms with Gasteiger partial charge in [-0.2, -0.15) is 0 Å². The molecule has 1 heterocycles. The Labute approximate surface area is 184 Å². The Hall–Kier alpha value is -1.01. The molecular weight excluding hydrogens is 409 g/mol. The molecule has 2 fully saturated rings. The zero-order chi connectivity index (χ0) is 20.8. The van der Waals surface area contributed by atoms with Crippen LogP contribution in [0.5, 0.6) is 0 Å². The Morgan fingerprint density at radius 2 is 1.86 bits per heavy atom. The predicted molar refractivity (Wildman–Crippen MR) is 120 cm³/mol. The monoisotopic (exact) mass is 441 g/mol. The first-order valence-corrected chi connectivity index (χ1v) is 11.6. The maximum absolute atomic E-state index is 11.6. The Morgan fingerprint density at radius 1 is 1.17 bits per heavy atom. The normalized spacial score (nSPS) is 24.4. The largest absolute Gasteiger partial charge is 0.368 e. The number of benzene rings is 1. The molecule has 0 bridgehead atoms. The summed E-state index contributed by atoms with van der Waals surface area (Å²) in [6.07, 6.45) is 5.23. The number of hydrogen-bond acceptors (Lipinski definition) is 4. The summed E-state index contributed by atoms with van der Waals surface area (Å²) >= 11 is 12.5. The Bertz CT molecular complexity index is 672. The minimum atomic E-state index is -0.410. The van der Waals surface area contributed by atoms with Gasteiger partial charge in [-0.05, 0) is 56.7 Å². The van der Waals surface area contributed by atoms with Gasteiger partial charge >= 0.3 is 0 Å². The van der Waals surface area contributed by atoms with Crippen LogP contribution in [0.1, 0.15) is 39.0 Å². The predicted octanol–water partition coefficient (Wildman–Crippen LogP) is 4.20. The molecule has 1 saturated carbocycles. The molecule has 3 rings (SSSR count). The van der Waals surface area contributed by atoms with E-state index in [1.165, 1.54) is 19.3 Å². The number of hydrogen-bond donors (Lipinski definition) is 1.